The average Bonchev–Trinajstić information content (AvgIpc) is 3.00. The minimum atomic E-state index is 0.708. The average molecular weight is 214 g/mol. The van der Waals surface area contributed by atoms with E-state index in [0.717, 1.165) is 5.92 Å². The fourth-order valence-corrected chi connectivity index (χ4v) is 1.98. The standard InChI is InChI=1S/C12H14N4/c1-9-12(11-2-3-11)6-10(7-13-9)8-16-14-4-5-15-16/h4-7,11H,2-3,8H2,1H3. The molecule has 3 rings (SSSR count). The Bertz CT molecular complexity index is 486. The molecule has 1 fully saturated rings. The molecule has 0 aliphatic heterocycles. The first-order chi connectivity index (χ1) is 7.83. The minimum Gasteiger partial charge on any atom is -0.261 e. The summed E-state index contributed by atoms with van der Waals surface area (Å²) in [5.41, 5.74) is 3.76. The highest BCUT2D eigenvalue weighted by molar-refractivity contribution is 5.30. The van der Waals surface area contributed by atoms with Crippen molar-refractivity contribution in [2.75, 3.05) is 0 Å². The summed E-state index contributed by atoms with van der Waals surface area (Å²) in [6, 6.07) is 2.25. The van der Waals surface area contributed by atoms with Gasteiger partial charge in [-0.25, -0.2) is 0 Å². The van der Waals surface area contributed by atoms with Crippen LogP contribution in [-0.2, 0) is 6.54 Å². The third-order valence-electron chi connectivity index (χ3n) is 2.99. The molecule has 0 saturated heterocycles. The van der Waals surface area contributed by atoms with E-state index in [-0.39, 0.29) is 0 Å². The molecule has 2 aromatic heterocycles. The molecule has 4 heteroatoms. The second-order valence-electron chi connectivity index (χ2n) is 4.35. The summed E-state index contributed by atoms with van der Waals surface area (Å²) >= 11 is 0. The maximum Gasteiger partial charge on any atom is 0.0872 e. The van der Waals surface area contributed by atoms with Crippen molar-refractivity contribution in [1.82, 2.24) is 20.0 Å². The van der Waals surface area contributed by atoms with Crippen molar-refractivity contribution in [3.05, 3.63) is 41.5 Å². The zero-order valence-electron chi connectivity index (χ0n) is 9.30. The SMILES string of the molecule is Cc1ncc(Cn2nccn2)cc1C1CC1. The zero-order chi connectivity index (χ0) is 11.0. The molecule has 2 aromatic rings. The molecule has 0 atom stereocenters. The monoisotopic (exact) mass is 214 g/mol. The lowest BCUT2D eigenvalue weighted by Gasteiger charge is -2.06. The van der Waals surface area contributed by atoms with Gasteiger partial charge in [-0.15, -0.1) is 0 Å². The summed E-state index contributed by atoms with van der Waals surface area (Å²) in [7, 11) is 0. The molecule has 2 heterocycles. The van der Waals surface area contributed by atoms with Crippen molar-refractivity contribution >= 4 is 0 Å². The van der Waals surface area contributed by atoms with E-state index in [1.165, 1.54) is 29.7 Å². The van der Waals surface area contributed by atoms with Gasteiger partial charge in [-0.05, 0) is 36.8 Å². The Kier molecular flexibility index (Phi) is 2.20. The molecule has 1 aliphatic carbocycles. The van der Waals surface area contributed by atoms with E-state index in [1.54, 1.807) is 17.2 Å². The van der Waals surface area contributed by atoms with Gasteiger partial charge < -0.3 is 0 Å². The van der Waals surface area contributed by atoms with Crippen LogP contribution in [0.5, 0.6) is 0 Å². The van der Waals surface area contributed by atoms with Crippen molar-refractivity contribution < 1.29 is 0 Å². The van der Waals surface area contributed by atoms with Crippen molar-refractivity contribution in [3.63, 3.8) is 0 Å². The molecule has 1 aliphatic rings. The molecule has 0 spiro atoms. The number of hydrogen-bond donors (Lipinski definition) is 0. The second-order valence-corrected chi connectivity index (χ2v) is 4.35. The molecule has 0 N–H and O–H groups in total. The zero-order valence-corrected chi connectivity index (χ0v) is 9.30. The molecule has 0 amide bonds. The van der Waals surface area contributed by atoms with Crippen LogP contribution in [0.1, 0.15) is 35.6 Å². The number of aryl methyl sites for hydroxylation is 1. The van der Waals surface area contributed by atoms with Crippen LogP contribution in [-0.4, -0.2) is 20.0 Å². The first-order valence-electron chi connectivity index (χ1n) is 5.62. The van der Waals surface area contributed by atoms with E-state index in [0.29, 0.717) is 6.54 Å². The van der Waals surface area contributed by atoms with Gasteiger partial charge in [0.05, 0.1) is 18.9 Å². The van der Waals surface area contributed by atoms with Crippen LogP contribution < -0.4 is 0 Å². The van der Waals surface area contributed by atoms with Crippen LogP contribution in [0.4, 0.5) is 0 Å². The van der Waals surface area contributed by atoms with E-state index >= 15 is 0 Å². The van der Waals surface area contributed by atoms with Crippen molar-refractivity contribution in [2.45, 2.75) is 32.2 Å². The van der Waals surface area contributed by atoms with Gasteiger partial charge in [0.15, 0.2) is 0 Å². The van der Waals surface area contributed by atoms with E-state index in [1.807, 2.05) is 6.20 Å². The largest absolute Gasteiger partial charge is 0.261 e. The molecule has 4 nitrogen and oxygen atoms in total. The Morgan fingerprint density at radius 3 is 2.75 bits per heavy atom. The number of pyridine rings is 1. The topological polar surface area (TPSA) is 43.6 Å². The smallest absolute Gasteiger partial charge is 0.0872 e. The van der Waals surface area contributed by atoms with Crippen LogP contribution >= 0.6 is 0 Å². The van der Waals surface area contributed by atoms with Gasteiger partial charge >= 0.3 is 0 Å². The predicted molar refractivity (Wildman–Crippen MR) is 60.1 cm³/mol. The Morgan fingerprint density at radius 2 is 2.06 bits per heavy atom. The molecular formula is C12H14N4. The first-order valence-corrected chi connectivity index (χ1v) is 5.62. The summed E-state index contributed by atoms with van der Waals surface area (Å²) in [6.07, 6.45) is 7.94. The second kappa shape index (κ2) is 3.70. The lowest BCUT2D eigenvalue weighted by Crippen LogP contribution is -2.05. The predicted octanol–water partition coefficient (Wildman–Crippen LogP) is 1.91. The lowest BCUT2D eigenvalue weighted by atomic mass is 10.1. The Hall–Kier alpha value is -1.71. The normalized spacial score (nSPS) is 15.3. The highest BCUT2D eigenvalue weighted by atomic mass is 15.5. The molecule has 16 heavy (non-hydrogen) atoms. The lowest BCUT2D eigenvalue weighted by molar-refractivity contribution is 0.589. The maximum atomic E-state index is 4.45. The highest BCUT2D eigenvalue weighted by Crippen LogP contribution is 2.41. The molecule has 0 radical (unpaired) electrons. The highest BCUT2D eigenvalue weighted by Gasteiger charge is 2.25. The summed E-state index contributed by atoms with van der Waals surface area (Å²) in [4.78, 5) is 6.14. The van der Waals surface area contributed by atoms with Gasteiger partial charge in [-0.1, -0.05) is 6.07 Å². The fourth-order valence-electron chi connectivity index (χ4n) is 1.98. The van der Waals surface area contributed by atoms with Gasteiger partial charge in [0, 0.05) is 11.9 Å². The van der Waals surface area contributed by atoms with Gasteiger partial charge in [-0.3, -0.25) is 4.98 Å². The van der Waals surface area contributed by atoms with Crippen LogP contribution in [0.25, 0.3) is 0 Å². The van der Waals surface area contributed by atoms with Crippen LogP contribution in [0, 0.1) is 6.92 Å². The number of nitrogens with zero attached hydrogens (tertiary/aromatic N) is 4. The van der Waals surface area contributed by atoms with E-state index in [2.05, 4.69) is 28.2 Å². The van der Waals surface area contributed by atoms with Crippen molar-refractivity contribution in [1.29, 1.82) is 0 Å². The van der Waals surface area contributed by atoms with Gasteiger partial charge in [0.1, 0.15) is 0 Å². The molecule has 0 aromatic carbocycles. The van der Waals surface area contributed by atoms with Gasteiger partial charge in [0.25, 0.3) is 0 Å². The van der Waals surface area contributed by atoms with Crippen LogP contribution in [0.2, 0.25) is 0 Å². The van der Waals surface area contributed by atoms with E-state index < -0.39 is 0 Å². The summed E-state index contributed by atoms with van der Waals surface area (Å²) < 4.78 is 0. The maximum absolute atomic E-state index is 4.45. The molecule has 0 unspecified atom stereocenters. The summed E-state index contributed by atoms with van der Waals surface area (Å²) in [6.45, 7) is 2.80. The minimum absolute atomic E-state index is 0.708. The summed E-state index contributed by atoms with van der Waals surface area (Å²) in [5.74, 6) is 0.748. The number of hydrogen-bond acceptors (Lipinski definition) is 3. The van der Waals surface area contributed by atoms with E-state index in [4.69, 9.17) is 0 Å². The number of rotatable bonds is 3. The summed E-state index contributed by atoms with van der Waals surface area (Å²) in [5, 5.41) is 8.20. The fraction of sp³-hybridized carbons (Fsp3) is 0.417. The Labute approximate surface area is 94.3 Å². The molecule has 0 bridgehead atoms. The quantitative estimate of drug-likeness (QED) is 0.783. The molecule has 1 saturated carbocycles. The van der Waals surface area contributed by atoms with Crippen molar-refractivity contribution in [3.8, 4) is 0 Å². The Morgan fingerprint density at radius 1 is 1.31 bits per heavy atom. The van der Waals surface area contributed by atoms with Crippen LogP contribution in [0.3, 0.4) is 0 Å². The molecule has 82 valence electrons. The number of aromatic nitrogens is 4. The third kappa shape index (κ3) is 1.83. The third-order valence-corrected chi connectivity index (χ3v) is 2.99. The van der Waals surface area contributed by atoms with Crippen LogP contribution in [0.15, 0.2) is 24.7 Å². The van der Waals surface area contributed by atoms with Gasteiger partial charge in [0.2, 0.25) is 0 Å². The first kappa shape index (κ1) is 9.51. The Balaban J connectivity index is 1.87. The van der Waals surface area contributed by atoms with Crippen molar-refractivity contribution in [2.24, 2.45) is 0 Å². The molecular weight excluding hydrogens is 200 g/mol. The van der Waals surface area contributed by atoms with Gasteiger partial charge in [-0.2, -0.15) is 15.0 Å². The van der Waals surface area contributed by atoms with E-state index in [9.17, 15) is 0 Å².